The third kappa shape index (κ3) is 5.81. The van der Waals surface area contributed by atoms with Crippen LogP contribution in [0.2, 0.25) is 0 Å². The second-order valence-corrected chi connectivity index (χ2v) is 6.17. The van der Waals surface area contributed by atoms with E-state index in [1.54, 1.807) is 0 Å². The van der Waals surface area contributed by atoms with E-state index in [9.17, 15) is 4.79 Å². The van der Waals surface area contributed by atoms with Crippen LogP contribution in [0.15, 0.2) is 30.3 Å². The largest absolute Gasteiger partial charge is 0.325 e. The number of benzene rings is 1. The number of para-hydroxylation sites is 1. The van der Waals surface area contributed by atoms with Crippen LogP contribution in [0, 0.1) is 0 Å². The van der Waals surface area contributed by atoms with Crippen molar-refractivity contribution < 1.29 is 4.79 Å². The predicted octanol–water partition coefficient (Wildman–Crippen LogP) is 4.70. The molecule has 2 amide bonds. The zero-order valence-electron chi connectivity index (χ0n) is 12.8. The molecule has 2 N–H and O–H groups in total. The van der Waals surface area contributed by atoms with Crippen molar-refractivity contribution in [2.24, 2.45) is 0 Å². The number of carbonyl (C=O) groups excluding carboxylic acids is 1. The molecule has 5 nitrogen and oxygen atoms in total. The molecular formula is C16H22N4OS. The first-order valence-electron chi connectivity index (χ1n) is 7.73. The van der Waals surface area contributed by atoms with Gasteiger partial charge in [0.1, 0.15) is 5.01 Å². The average Bonchev–Trinajstić information content (AvgIpc) is 2.95. The Balaban J connectivity index is 1.73. The molecule has 0 aliphatic carbocycles. The van der Waals surface area contributed by atoms with E-state index in [4.69, 9.17) is 0 Å². The summed E-state index contributed by atoms with van der Waals surface area (Å²) < 4.78 is 0. The quantitative estimate of drug-likeness (QED) is 0.694. The van der Waals surface area contributed by atoms with Gasteiger partial charge in [-0.2, -0.15) is 0 Å². The zero-order chi connectivity index (χ0) is 15.6. The van der Waals surface area contributed by atoms with Crippen molar-refractivity contribution in [1.29, 1.82) is 0 Å². The van der Waals surface area contributed by atoms with Gasteiger partial charge in [0.15, 0.2) is 0 Å². The van der Waals surface area contributed by atoms with Gasteiger partial charge in [-0.05, 0) is 18.6 Å². The summed E-state index contributed by atoms with van der Waals surface area (Å²) in [5.74, 6) is 0. The Morgan fingerprint density at radius 3 is 2.59 bits per heavy atom. The second kappa shape index (κ2) is 9.15. The number of aromatic nitrogens is 2. The highest BCUT2D eigenvalue weighted by Gasteiger charge is 2.08. The van der Waals surface area contributed by atoms with Crippen molar-refractivity contribution in [3.8, 4) is 0 Å². The number of unbranched alkanes of at least 4 members (excludes halogenated alkanes) is 4. The number of urea groups is 1. The lowest BCUT2D eigenvalue weighted by Crippen LogP contribution is -2.19. The minimum Gasteiger partial charge on any atom is -0.308 e. The lowest BCUT2D eigenvalue weighted by Gasteiger charge is -2.03. The van der Waals surface area contributed by atoms with Crippen molar-refractivity contribution in [2.45, 2.75) is 45.4 Å². The third-order valence-electron chi connectivity index (χ3n) is 3.21. The van der Waals surface area contributed by atoms with E-state index in [1.165, 1.54) is 37.0 Å². The highest BCUT2D eigenvalue weighted by molar-refractivity contribution is 7.15. The molecule has 0 aliphatic rings. The number of amides is 2. The fourth-order valence-corrected chi connectivity index (χ4v) is 2.84. The summed E-state index contributed by atoms with van der Waals surface area (Å²) in [6, 6.07) is 9.02. The first-order chi connectivity index (χ1) is 10.8. The monoisotopic (exact) mass is 318 g/mol. The summed E-state index contributed by atoms with van der Waals surface area (Å²) in [4.78, 5) is 11.8. The normalized spacial score (nSPS) is 10.4. The molecule has 1 heterocycles. The number of rotatable bonds is 8. The van der Waals surface area contributed by atoms with Gasteiger partial charge in [0.25, 0.3) is 0 Å². The van der Waals surface area contributed by atoms with E-state index in [0.29, 0.717) is 5.13 Å². The van der Waals surface area contributed by atoms with Crippen molar-refractivity contribution in [3.05, 3.63) is 35.3 Å². The molecule has 1 aromatic carbocycles. The van der Waals surface area contributed by atoms with Gasteiger partial charge in [-0.3, -0.25) is 5.32 Å². The maximum Gasteiger partial charge on any atom is 0.325 e. The van der Waals surface area contributed by atoms with E-state index in [0.717, 1.165) is 23.5 Å². The number of nitrogens with zero attached hydrogens (tertiary/aromatic N) is 2. The number of hydrogen-bond donors (Lipinski definition) is 2. The number of aryl methyl sites for hydroxylation is 1. The van der Waals surface area contributed by atoms with Crippen LogP contribution in [-0.4, -0.2) is 16.2 Å². The molecule has 0 atom stereocenters. The third-order valence-corrected chi connectivity index (χ3v) is 4.11. The van der Waals surface area contributed by atoms with Crippen LogP contribution in [0.4, 0.5) is 15.6 Å². The SMILES string of the molecule is CCCCCCCc1nnc(NC(=O)Nc2ccccc2)s1. The van der Waals surface area contributed by atoms with Crippen molar-refractivity contribution in [1.82, 2.24) is 10.2 Å². The summed E-state index contributed by atoms with van der Waals surface area (Å²) in [6.45, 7) is 2.21. The van der Waals surface area contributed by atoms with Gasteiger partial charge in [-0.1, -0.05) is 62.1 Å². The minimum atomic E-state index is -0.295. The maximum atomic E-state index is 11.8. The molecule has 2 rings (SSSR count). The Morgan fingerprint density at radius 1 is 1.05 bits per heavy atom. The van der Waals surface area contributed by atoms with Crippen LogP contribution in [-0.2, 0) is 6.42 Å². The summed E-state index contributed by atoms with van der Waals surface area (Å²) in [7, 11) is 0. The van der Waals surface area contributed by atoms with Gasteiger partial charge in [0.05, 0.1) is 0 Å². The van der Waals surface area contributed by atoms with Gasteiger partial charge in [-0.25, -0.2) is 4.79 Å². The van der Waals surface area contributed by atoms with E-state index < -0.39 is 0 Å². The Labute approximate surface area is 135 Å². The Hall–Kier alpha value is -1.95. The fourth-order valence-electron chi connectivity index (χ4n) is 2.07. The van der Waals surface area contributed by atoms with Crippen molar-refractivity contribution in [2.75, 3.05) is 10.6 Å². The molecule has 0 radical (unpaired) electrons. The average molecular weight is 318 g/mol. The van der Waals surface area contributed by atoms with E-state index in [1.807, 2.05) is 30.3 Å². The van der Waals surface area contributed by atoms with Gasteiger partial charge in [0.2, 0.25) is 5.13 Å². The molecule has 0 saturated carbocycles. The Morgan fingerprint density at radius 2 is 1.82 bits per heavy atom. The molecule has 6 heteroatoms. The van der Waals surface area contributed by atoms with E-state index >= 15 is 0 Å². The van der Waals surface area contributed by atoms with Crippen LogP contribution >= 0.6 is 11.3 Å². The van der Waals surface area contributed by atoms with Gasteiger partial charge in [0, 0.05) is 12.1 Å². The van der Waals surface area contributed by atoms with Crippen molar-refractivity contribution in [3.63, 3.8) is 0 Å². The zero-order valence-corrected chi connectivity index (χ0v) is 13.7. The van der Waals surface area contributed by atoms with Crippen molar-refractivity contribution >= 4 is 28.2 Å². The molecule has 0 aliphatic heterocycles. The summed E-state index contributed by atoms with van der Waals surface area (Å²) >= 11 is 1.44. The maximum absolute atomic E-state index is 11.8. The van der Waals surface area contributed by atoms with Crippen LogP contribution in [0.25, 0.3) is 0 Å². The Kier molecular flexibility index (Phi) is 6.83. The number of nitrogens with one attached hydrogen (secondary N) is 2. The highest BCUT2D eigenvalue weighted by atomic mass is 32.1. The summed E-state index contributed by atoms with van der Waals surface area (Å²) in [5.41, 5.74) is 0.751. The first-order valence-corrected chi connectivity index (χ1v) is 8.55. The number of hydrogen-bond acceptors (Lipinski definition) is 4. The molecule has 2 aromatic rings. The lowest BCUT2D eigenvalue weighted by molar-refractivity contribution is 0.262. The first kappa shape index (κ1) is 16.4. The Bertz CT molecular complexity index is 571. The summed E-state index contributed by atoms with van der Waals surface area (Å²) in [6.07, 6.45) is 7.12. The molecule has 22 heavy (non-hydrogen) atoms. The standard InChI is InChI=1S/C16H22N4OS/c1-2-3-4-5-9-12-14-19-20-16(22-14)18-15(21)17-13-10-7-6-8-11-13/h6-8,10-11H,2-5,9,12H2,1H3,(H2,17,18,20,21). The molecule has 0 spiro atoms. The second-order valence-electron chi connectivity index (χ2n) is 5.11. The van der Waals surface area contributed by atoms with E-state index in [-0.39, 0.29) is 6.03 Å². The van der Waals surface area contributed by atoms with Gasteiger partial charge in [-0.15, -0.1) is 10.2 Å². The molecule has 0 unspecified atom stereocenters. The highest BCUT2D eigenvalue weighted by Crippen LogP contribution is 2.18. The molecule has 0 saturated heterocycles. The van der Waals surface area contributed by atoms with Crippen LogP contribution < -0.4 is 10.6 Å². The molecule has 1 aromatic heterocycles. The molecule has 0 fully saturated rings. The minimum absolute atomic E-state index is 0.295. The molecule has 0 bridgehead atoms. The smallest absolute Gasteiger partial charge is 0.308 e. The fraction of sp³-hybridized carbons (Fsp3) is 0.438. The van der Waals surface area contributed by atoms with Gasteiger partial charge >= 0.3 is 6.03 Å². The van der Waals surface area contributed by atoms with Gasteiger partial charge < -0.3 is 5.32 Å². The lowest BCUT2D eigenvalue weighted by atomic mass is 10.1. The number of carbonyl (C=O) groups is 1. The van der Waals surface area contributed by atoms with Crippen LogP contribution in [0.1, 0.15) is 44.0 Å². The van der Waals surface area contributed by atoms with E-state index in [2.05, 4.69) is 27.8 Å². The topological polar surface area (TPSA) is 66.9 Å². The summed E-state index contributed by atoms with van der Waals surface area (Å²) in [5, 5.41) is 15.1. The van der Waals surface area contributed by atoms with Crippen LogP contribution in [0.3, 0.4) is 0 Å². The molecular weight excluding hydrogens is 296 g/mol. The van der Waals surface area contributed by atoms with Crippen LogP contribution in [0.5, 0.6) is 0 Å². The predicted molar refractivity (Wildman–Crippen MR) is 91.5 cm³/mol. The molecule has 118 valence electrons. The number of anilines is 2.